The van der Waals surface area contributed by atoms with Gasteiger partial charge in [0.1, 0.15) is 5.70 Å². The second-order valence-electron chi connectivity index (χ2n) is 5.15. The number of nitrogens with one attached hydrogen (secondary N) is 2. The van der Waals surface area contributed by atoms with Crippen molar-refractivity contribution in [2.24, 2.45) is 0 Å². The first kappa shape index (κ1) is 16.9. The number of alkyl halides is 3. The number of rotatable bonds is 3. The Morgan fingerprint density at radius 1 is 1.32 bits per heavy atom. The van der Waals surface area contributed by atoms with Gasteiger partial charge in [0.2, 0.25) is 6.79 Å². The van der Waals surface area contributed by atoms with Crippen LogP contribution < -0.4 is 20.1 Å². The summed E-state index contributed by atoms with van der Waals surface area (Å²) >= 11 is 0. The second kappa shape index (κ2) is 6.19. The summed E-state index contributed by atoms with van der Waals surface area (Å²) in [5.41, 5.74) is -1.95. The number of amides is 2. The second-order valence-corrected chi connectivity index (χ2v) is 5.15. The van der Waals surface area contributed by atoms with Crippen molar-refractivity contribution >= 4 is 12.0 Å². The molecule has 134 valence electrons. The fraction of sp³-hybridized carbons (Fsp3) is 0.333. The van der Waals surface area contributed by atoms with E-state index < -0.39 is 35.5 Å². The Morgan fingerprint density at radius 3 is 2.72 bits per heavy atom. The van der Waals surface area contributed by atoms with E-state index in [1.54, 1.807) is 5.32 Å². The molecule has 0 radical (unpaired) electrons. The summed E-state index contributed by atoms with van der Waals surface area (Å²) in [4.78, 5) is 23.9. The zero-order chi connectivity index (χ0) is 18.2. The highest BCUT2D eigenvalue weighted by atomic mass is 19.4. The van der Waals surface area contributed by atoms with Crippen molar-refractivity contribution < 1.29 is 37.0 Å². The maximum Gasteiger partial charge on any atom is 0.432 e. The number of allylic oxidation sites excluding steroid dienone is 1. The Bertz CT molecular complexity index is 760. The lowest BCUT2D eigenvalue weighted by molar-refractivity contribution is -0.140. The average molecular weight is 358 g/mol. The van der Waals surface area contributed by atoms with Gasteiger partial charge in [0.15, 0.2) is 11.5 Å². The van der Waals surface area contributed by atoms with Crippen LogP contribution in [-0.4, -0.2) is 31.6 Å². The van der Waals surface area contributed by atoms with Crippen LogP contribution in [0.1, 0.15) is 18.5 Å². The quantitative estimate of drug-likeness (QED) is 0.809. The van der Waals surface area contributed by atoms with Crippen LogP contribution >= 0.6 is 0 Å². The molecule has 0 aliphatic carbocycles. The van der Waals surface area contributed by atoms with E-state index in [-0.39, 0.29) is 19.0 Å². The predicted octanol–water partition coefficient (Wildman–Crippen LogP) is 2.15. The molecule has 0 spiro atoms. The summed E-state index contributed by atoms with van der Waals surface area (Å²) in [6.07, 6.45) is -4.94. The summed E-state index contributed by atoms with van der Waals surface area (Å²) in [5, 5.41) is 3.96. The van der Waals surface area contributed by atoms with E-state index in [2.05, 4.69) is 5.32 Å². The van der Waals surface area contributed by atoms with Crippen molar-refractivity contribution in [1.29, 1.82) is 0 Å². The molecule has 0 saturated heterocycles. The minimum absolute atomic E-state index is 0.0221. The monoisotopic (exact) mass is 358 g/mol. The highest BCUT2D eigenvalue weighted by Gasteiger charge is 2.46. The van der Waals surface area contributed by atoms with Crippen LogP contribution in [0.5, 0.6) is 11.5 Å². The van der Waals surface area contributed by atoms with Crippen LogP contribution in [0.2, 0.25) is 0 Å². The first-order valence-corrected chi connectivity index (χ1v) is 7.26. The molecule has 25 heavy (non-hydrogen) atoms. The molecule has 2 heterocycles. The van der Waals surface area contributed by atoms with Crippen LogP contribution in [0.3, 0.4) is 0 Å². The summed E-state index contributed by atoms with van der Waals surface area (Å²) in [6, 6.07) is 1.91. The molecule has 2 aliphatic heterocycles. The van der Waals surface area contributed by atoms with E-state index in [9.17, 15) is 22.8 Å². The standard InChI is InChI=1S/C15H13F3N2O5/c1-2-23-13(21)10-11(19-14(22)20-12(10)15(16,17)18)7-3-4-8-9(5-7)25-6-24-8/h3-5,11H,2,6H2,1H3,(H2,19,20,22). The third kappa shape index (κ3) is 3.19. The molecule has 3 rings (SSSR count). The Balaban J connectivity index is 2.11. The van der Waals surface area contributed by atoms with Crippen molar-refractivity contribution in [3.05, 3.63) is 35.0 Å². The van der Waals surface area contributed by atoms with Gasteiger partial charge in [0.05, 0.1) is 18.2 Å². The minimum Gasteiger partial charge on any atom is -0.463 e. The van der Waals surface area contributed by atoms with E-state index >= 15 is 0 Å². The lowest BCUT2D eigenvalue weighted by Crippen LogP contribution is -2.49. The minimum atomic E-state index is -4.94. The molecule has 1 aromatic carbocycles. The van der Waals surface area contributed by atoms with E-state index in [4.69, 9.17) is 14.2 Å². The highest BCUT2D eigenvalue weighted by Crippen LogP contribution is 2.39. The summed E-state index contributed by atoms with van der Waals surface area (Å²) in [7, 11) is 0. The first-order valence-electron chi connectivity index (χ1n) is 7.26. The van der Waals surface area contributed by atoms with Gasteiger partial charge in [-0.25, -0.2) is 9.59 Å². The number of hydrogen-bond donors (Lipinski definition) is 2. The molecule has 7 nitrogen and oxygen atoms in total. The Labute approximate surface area is 139 Å². The molecule has 0 fully saturated rings. The van der Waals surface area contributed by atoms with Gasteiger partial charge in [-0.05, 0) is 24.6 Å². The third-order valence-corrected chi connectivity index (χ3v) is 3.58. The van der Waals surface area contributed by atoms with Crippen LogP contribution in [-0.2, 0) is 9.53 Å². The molecule has 0 bridgehead atoms. The number of fused-ring (bicyclic) bond motifs is 1. The van der Waals surface area contributed by atoms with Crippen LogP contribution in [0.4, 0.5) is 18.0 Å². The topological polar surface area (TPSA) is 85.9 Å². The largest absolute Gasteiger partial charge is 0.463 e. The maximum absolute atomic E-state index is 13.3. The van der Waals surface area contributed by atoms with Gasteiger partial charge in [-0.15, -0.1) is 0 Å². The molecule has 2 amide bonds. The smallest absolute Gasteiger partial charge is 0.432 e. The van der Waals surface area contributed by atoms with Crippen molar-refractivity contribution in [2.45, 2.75) is 19.1 Å². The lowest BCUT2D eigenvalue weighted by Gasteiger charge is -2.30. The number of benzene rings is 1. The van der Waals surface area contributed by atoms with Crippen molar-refractivity contribution in [3.8, 4) is 11.5 Å². The first-order chi connectivity index (χ1) is 11.8. The van der Waals surface area contributed by atoms with Crippen LogP contribution in [0, 0.1) is 0 Å². The zero-order valence-electron chi connectivity index (χ0n) is 12.9. The predicted molar refractivity (Wildman–Crippen MR) is 76.7 cm³/mol. The Hall–Kier alpha value is -2.91. The van der Waals surface area contributed by atoms with Gasteiger partial charge in [-0.2, -0.15) is 13.2 Å². The SMILES string of the molecule is CCOC(=O)C1=C(C(F)(F)F)NC(=O)NC1c1ccc2c(c1)OCO2. The molecule has 2 aliphatic rings. The third-order valence-electron chi connectivity index (χ3n) is 3.58. The van der Waals surface area contributed by atoms with E-state index in [1.165, 1.54) is 25.1 Å². The highest BCUT2D eigenvalue weighted by molar-refractivity contribution is 5.95. The molecular formula is C15H13F3N2O5. The molecule has 10 heteroatoms. The molecule has 0 aromatic heterocycles. The van der Waals surface area contributed by atoms with E-state index in [1.807, 2.05) is 0 Å². The number of urea groups is 1. The molecule has 0 saturated carbocycles. The zero-order valence-corrected chi connectivity index (χ0v) is 12.9. The number of halogens is 3. The summed E-state index contributed by atoms with van der Waals surface area (Å²) in [6.45, 7) is 1.33. The van der Waals surface area contributed by atoms with Gasteiger partial charge >= 0.3 is 18.2 Å². The van der Waals surface area contributed by atoms with Gasteiger partial charge < -0.3 is 24.8 Å². The van der Waals surface area contributed by atoms with Crippen molar-refractivity contribution in [1.82, 2.24) is 10.6 Å². The number of carbonyl (C=O) groups is 2. The number of hydrogen-bond acceptors (Lipinski definition) is 5. The molecular weight excluding hydrogens is 345 g/mol. The Morgan fingerprint density at radius 2 is 2.04 bits per heavy atom. The Kier molecular flexibility index (Phi) is 4.19. The van der Waals surface area contributed by atoms with Gasteiger partial charge in [-0.3, -0.25) is 0 Å². The molecule has 1 aromatic rings. The van der Waals surface area contributed by atoms with Gasteiger partial charge in [0, 0.05) is 0 Å². The van der Waals surface area contributed by atoms with E-state index in [0.717, 1.165) is 0 Å². The molecule has 1 atom stereocenters. The average Bonchev–Trinajstić information content (AvgIpc) is 3.00. The molecule has 2 N–H and O–H groups in total. The lowest BCUT2D eigenvalue weighted by atomic mass is 9.94. The summed E-state index contributed by atoms with van der Waals surface area (Å²) < 4.78 is 55.0. The summed E-state index contributed by atoms with van der Waals surface area (Å²) in [5.74, 6) is -0.450. The van der Waals surface area contributed by atoms with Gasteiger partial charge in [0.25, 0.3) is 0 Å². The fourth-order valence-electron chi connectivity index (χ4n) is 2.56. The number of carbonyl (C=O) groups excluding carboxylic acids is 2. The van der Waals surface area contributed by atoms with Crippen molar-refractivity contribution in [3.63, 3.8) is 0 Å². The number of esters is 1. The van der Waals surface area contributed by atoms with Crippen LogP contribution in [0.15, 0.2) is 29.5 Å². The molecule has 1 unspecified atom stereocenters. The maximum atomic E-state index is 13.3. The fourth-order valence-corrected chi connectivity index (χ4v) is 2.56. The van der Waals surface area contributed by atoms with Crippen LogP contribution in [0.25, 0.3) is 0 Å². The van der Waals surface area contributed by atoms with Crippen molar-refractivity contribution in [2.75, 3.05) is 13.4 Å². The van der Waals surface area contributed by atoms with E-state index in [0.29, 0.717) is 11.5 Å². The number of ether oxygens (including phenoxy) is 3. The van der Waals surface area contributed by atoms with Gasteiger partial charge in [-0.1, -0.05) is 6.07 Å². The normalized spacial score (nSPS) is 19.4.